The molecular weight excluding hydrogens is 144 g/mol. The van der Waals surface area contributed by atoms with Gasteiger partial charge < -0.3 is 10.2 Å². The number of hydrogen-bond acceptors (Lipinski definition) is 2. The number of carboxylic acids is 1. The number of aliphatic carboxylic acids is 1. The van der Waals surface area contributed by atoms with E-state index in [1.807, 2.05) is 6.92 Å². The Balaban J connectivity index is 3.82. The summed E-state index contributed by atoms with van der Waals surface area (Å²) in [6.07, 6.45) is 2.25. The standard InChI is InChI=1S/C8H14O3/c1-6(5-9)3-4-7(2)8(10)11/h4,6,9H,3,5H2,1-2H3,(H,10,11)/b7-4+. The minimum absolute atomic E-state index is 0.101. The molecule has 0 heterocycles. The van der Waals surface area contributed by atoms with Gasteiger partial charge in [0.05, 0.1) is 0 Å². The van der Waals surface area contributed by atoms with E-state index in [4.69, 9.17) is 10.2 Å². The molecule has 0 aromatic rings. The average Bonchev–Trinajstić information content (AvgIpc) is 1.99. The van der Waals surface area contributed by atoms with Crippen LogP contribution in [0, 0.1) is 5.92 Å². The van der Waals surface area contributed by atoms with E-state index in [-0.39, 0.29) is 12.5 Å². The minimum Gasteiger partial charge on any atom is -0.478 e. The molecule has 0 saturated carbocycles. The smallest absolute Gasteiger partial charge is 0.330 e. The van der Waals surface area contributed by atoms with E-state index in [0.29, 0.717) is 12.0 Å². The van der Waals surface area contributed by atoms with Gasteiger partial charge in [0.15, 0.2) is 0 Å². The van der Waals surface area contributed by atoms with E-state index in [1.165, 1.54) is 0 Å². The summed E-state index contributed by atoms with van der Waals surface area (Å²) in [7, 11) is 0. The first-order valence-electron chi connectivity index (χ1n) is 3.58. The van der Waals surface area contributed by atoms with E-state index >= 15 is 0 Å². The lowest BCUT2D eigenvalue weighted by molar-refractivity contribution is -0.132. The average molecular weight is 158 g/mol. The van der Waals surface area contributed by atoms with Gasteiger partial charge in [0.25, 0.3) is 0 Å². The molecule has 0 aromatic carbocycles. The largest absolute Gasteiger partial charge is 0.478 e. The molecule has 3 heteroatoms. The molecule has 64 valence electrons. The lowest BCUT2D eigenvalue weighted by atomic mass is 10.1. The molecule has 0 amide bonds. The van der Waals surface area contributed by atoms with E-state index in [9.17, 15) is 4.79 Å². The predicted octanol–water partition coefficient (Wildman–Crippen LogP) is 1.04. The van der Waals surface area contributed by atoms with Crippen molar-refractivity contribution in [3.8, 4) is 0 Å². The first-order chi connectivity index (χ1) is 5.07. The molecule has 0 aliphatic carbocycles. The predicted molar refractivity (Wildman–Crippen MR) is 42.3 cm³/mol. The second kappa shape index (κ2) is 4.91. The van der Waals surface area contributed by atoms with E-state index in [0.717, 1.165) is 0 Å². The lowest BCUT2D eigenvalue weighted by Gasteiger charge is -2.02. The van der Waals surface area contributed by atoms with Gasteiger partial charge >= 0.3 is 5.97 Å². The summed E-state index contributed by atoms with van der Waals surface area (Å²) in [4.78, 5) is 10.3. The molecule has 0 saturated heterocycles. The molecule has 1 unspecified atom stereocenters. The Morgan fingerprint density at radius 1 is 1.64 bits per heavy atom. The van der Waals surface area contributed by atoms with Crippen LogP contribution in [-0.2, 0) is 4.79 Å². The number of carbonyl (C=O) groups is 1. The van der Waals surface area contributed by atoms with Crippen molar-refractivity contribution < 1.29 is 15.0 Å². The summed E-state index contributed by atoms with van der Waals surface area (Å²) in [6, 6.07) is 0. The van der Waals surface area contributed by atoms with Crippen LogP contribution in [0.15, 0.2) is 11.6 Å². The molecule has 2 N–H and O–H groups in total. The molecule has 0 radical (unpaired) electrons. The molecule has 3 nitrogen and oxygen atoms in total. The first kappa shape index (κ1) is 10.2. The Labute approximate surface area is 66.4 Å². The van der Waals surface area contributed by atoms with Crippen molar-refractivity contribution in [2.24, 2.45) is 5.92 Å². The van der Waals surface area contributed by atoms with Crippen LogP contribution in [0.5, 0.6) is 0 Å². The highest BCUT2D eigenvalue weighted by molar-refractivity contribution is 5.85. The van der Waals surface area contributed by atoms with Crippen LogP contribution in [0.4, 0.5) is 0 Å². The van der Waals surface area contributed by atoms with Gasteiger partial charge in [-0.2, -0.15) is 0 Å². The Morgan fingerprint density at radius 3 is 2.55 bits per heavy atom. The topological polar surface area (TPSA) is 57.5 Å². The quantitative estimate of drug-likeness (QED) is 0.601. The zero-order chi connectivity index (χ0) is 8.85. The third-order valence-electron chi connectivity index (χ3n) is 1.48. The Hall–Kier alpha value is -0.830. The number of allylic oxidation sites excluding steroid dienone is 1. The third kappa shape index (κ3) is 4.56. The normalized spacial score (nSPS) is 14.6. The van der Waals surface area contributed by atoms with Gasteiger partial charge in [0, 0.05) is 12.2 Å². The molecule has 0 aromatic heterocycles. The Kier molecular flexibility index (Phi) is 4.54. The van der Waals surface area contributed by atoms with Crippen molar-refractivity contribution >= 4 is 5.97 Å². The van der Waals surface area contributed by atoms with Gasteiger partial charge in [-0.25, -0.2) is 4.79 Å². The second-order valence-electron chi connectivity index (χ2n) is 2.72. The molecule has 0 fully saturated rings. The fraction of sp³-hybridized carbons (Fsp3) is 0.625. The van der Waals surface area contributed by atoms with Crippen LogP contribution in [0.1, 0.15) is 20.3 Å². The SMILES string of the molecule is C/C(=C\CC(C)CO)C(=O)O. The first-order valence-corrected chi connectivity index (χ1v) is 3.58. The van der Waals surface area contributed by atoms with Crippen LogP contribution >= 0.6 is 0 Å². The van der Waals surface area contributed by atoms with Gasteiger partial charge in [0.2, 0.25) is 0 Å². The van der Waals surface area contributed by atoms with Crippen LogP contribution in [-0.4, -0.2) is 22.8 Å². The Morgan fingerprint density at radius 2 is 2.18 bits per heavy atom. The fourth-order valence-electron chi connectivity index (χ4n) is 0.540. The van der Waals surface area contributed by atoms with E-state index < -0.39 is 5.97 Å². The lowest BCUT2D eigenvalue weighted by Crippen LogP contribution is -2.01. The summed E-state index contributed by atoms with van der Waals surface area (Å²) in [5, 5.41) is 17.0. The van der Waals surface area contributed by atoms with Gasteiger partial charge in [-0.15, -0.1) is 0 Å². The highest BCUT2D eigenvalue weighted by Crippen LogP contribution is 2.04. The second-order valence-corrected chi connectivity index (χ2v) is 2.72. The fourth-order valence-corrected chi connectivity index (χ4v) is 0.540. The monoisotopic (exact) mass is 158 g/mol. The van der Waals surface area contributed by atoms with Crippen molar-refractivity contribution in [3.63, 3.8) is 0 Å². The zero-order valence-corrected chi connectivity index (χ0v) is 6.87. The summed E-state index contributed by atoms with van der Waals surface area (Å²) in [6.45, 7) is 3.52. The number of aliphatic hydroxyl groups is 1. The van der Waals surface area contributed by atoms with Crippen molar-refractivity contribution in [2.45, 2.75) is 20.3 Å². The van der Waals surface area contributed by atoms with E-state index in [2.05, 4.69) is 0 Å². The van der Waals surface area contributed by atoms with Crippen molar-refractivity contribution in [1.82, 2.24) is 0 Å². The van der Waals surface area contributed by atoms with Crippen molar-refractivity contribution in [1.29, 1.82) is 0 Å². The summed E-state index contributed by atoms with van der Waals surface area (Å²) < 4.78 is 0. The maximum absolute atomic E-state index is 10.3. The van der Waals surface area contributed by atoms with E-state index in [1.54, 1.807) is 13.0 Å². The summed E-state index contributed by atoms with van der Waals surface area (Å²) in [5.74, 6) is -0.751. The third-order valence-corrected chi connectivity index (χ3v) is 1.48. The molecule has 0 spiro atoms. The molecule has 1 atom stereocenters. The zero-order valence-electron chi connectivity index (χ0n) is 6.87. The molecule has 11 heavy (non-hydrogen) atoms. The Bertz CT molecular complexity index is 161. The highest BCUT2D eigenvalue weighted by Gasteiger charge is 2.01. The van der Waals surface area contributed by atoms with Crippen molar-refractivity contribution in [2.75, 3.05) is 6.61 Å². The van der Waals surface area contributed by atoms with Gasteiger partial charge in [-0.1, -0.05) is 13.0 Å². The molecule has 0 bridgehead atoms. The molecule has 0 aliphatic rings. The van der Waals surface area contributed by atoms with Gasteiger partial charge in [0.1, 0.15) is 0 Å². The number of rotatable bonds is 4. The van der Waals surface area contributed by atoms with Crippen LogP contribution < -0.4 is 0 Å². The molecular formula is C8H14O3. The van der Waals surface area contributed by atoms with Crippen molar-refractivity contribution in [3.05, 3.63) is 11.6 Å². The molecule has 0 rings (SSSR count). The van der Waals surface area contributed by atoms with Crippen LogP contribution in [0.3, 0.4) is 0 Å². The maximum Gasteiger partial charge on any atom is 0.330 e. The number of hydrogen-bond donors (Lipinski definition) is 2. The van der Waals surface area contributed by atoms with Gasteiger partial charge in [-0.05, 0) is 19.3 Å². The summed E-state index contributed by atoms with van der Waals surface area (Å²) >= 11 is 0. The van der Waals surface area contributed by atoms with Crippen LogP contribution in [0.25, 0.3) is 0 Å². The van der Waals surface area contributed by atoms with Gasteiger partial charge in [-0.3, -0.25) is 0 Å². The highest BCUT2D eigenvalue weighted by atomic mass is 16.4. The van der Waals surface area contributed by atoms with Crippen LogP contribution in [0.2, 0.25) is 0 Å². The molecule has 0 aliphatic heterocycles. The minimum atomic E-state index is -0.893. The summed E-state index contributed by atoms with van der Waals surface area (Å²) in [5.41, 5.74) is 0.338. The number of aliphatic hydroxyl groups excluding tert-OH is 1. The number of carboxylic acid groups (broad SMARTS) is 1. The maximum atomic E-state index is 10.3.